The van der Waals surface area contributed by atoms with Gasteiger partial charge in [0, 0.05) is 15.5 Å². The van der Waals surface area contributed by atoms with Gasteiger partial charge in [-0.3, -0.25) is 14.2 Å². The summed E-state index contributed by atoms with van der Waals surface area (Å²) in [6.07, 6.45) is 0.244. The third-order valence-electron chi connectivity index (χ3n) is 6.03. The SMILES string of the molecule is O=C(CSc1nc2sc3c(c2c(=O)n1-c1ccc(Cl)cc1)CCCC3)NN=Cc1ccccc1C(F)(F)F. The van der Waals surface area contributed by atoms with E-state index >= 15 is 0 Å². The zero-order valence-corrected chi connectivity index (χ0v) is 22.1. The van der Waals surface area contributed by atoms with E-state index in [1.165, 1.54) is 39.0 Å². The molecular weight excluding hydrogens is 557 g/mol. The van der Waals surface area contributed by atoms with E-state index in [1.807, 2.05) is 0 Å². The van der Waals surface area contributed by atoms with Gasteiger partial charge in [-0.2, -0.15) is 18.3 Å². The van der Waals surface area contributed by atoms with Crippen LogP contribution >= 0.6 is 34.7 Å². The minimum atomic E-state index is -4.54. The first-order valence-electron chi connectivity index (χ1n) is 11.7. The number of carbonyl (C=O) groups is 1. The number of nitrogens with one attached hydrogen (secondary N) is 1. The van der Waals surface area contributed by atoms with Crippen molar-refractivity contribution in [3.63, 3.8) is 0 Å². The molecule has 2 heterocycles. The van der Waals surface area contributed by atoms with E-state index in [4.69, 9.17) is 16.6 Å². The highest BCUT2D eigenvalue weighted by molar-refractivity contribution is 7.99. The molecule has 1 aliphatic carbocycles. The maximum Gasteiger partial charge on any atom is 0.417 e. The van der Waals surface area contributed by atoms with Gasteiger partial charge in [-0.15, -0.1) is 11.3 Å². The van der Waals surface area contributed by atoms with E-state index in [2.05, 4.69) is 10.5 Å². The third-order valence-corrected chi connectivity index (χ3v) is 8.41. The molecule has 4 aromatic rings. The molecule has 0 bridgehead atoms. The number of carbonyl (C=O) groups excluding carboxylic acids is 1. The number of rotatable bonds is 6. The van der Waals surface area contributed by atoms with Crippen molar-refractivity contribution in [2.45, 2.75) is 37.0 Å². The van der Waals surface area contributed by atoms with Crippen LogP contribution in [0.25, 0.3) is 15.9 Å². The van der Waals surface area contributed by atoms with Crippen LogP contribution in [-0.2, 0) is 23.8 Å². The summed E-state index contributed by atoms with van der Waals surface area (Å²) in [6, 6.07) is 11.7. The van der Waals surface area contributed by atoms with Gasteiger partial charge in [0.15, 0.2) is 5.16 Å². The Bertz CT molecular complexity index is 1600. The van der Waals surface area contributed by atoms with Crippen molar-refractivity contribution < 1.29 is 18.0 Å². The number of thioether (sulfide) groups is 1. The third kappa shape index (κ3) is 5.50. The predicted molar refractivity (Wildman–Crippen MR) is 145 cm³/mol. The topological polar surface area (TPSA) is 76.3 Å². The van der Waals surface area contributed by atoms with Gasteiger partial charge < -0.3 is 0 Å². The summed E-state index contributed by atoms with van der Waals surface area (Å²) in [4.78, 5) is 32.8. The van der Waals surface area contributed by atoms with Crippen LogP contribution in [-0.4, -0.2) is 27.4 Å². The zero-order chi connectivity index (χ0) is 26.9. The standard InChI is InChI=1S/C26H20ClF3N4O2S2/c27-16-9-11-17(12-10-16)34-24(36)22-18-6-2-4-8-20(18)38-23(22)32-25(34)37-14-21(35)33-31-13-15-5-1-3-7-19(15)26(28,29)30/h1,3,5,7,9-13H,2,4,6,8,14H2,(H,33,35). The van der Waals surface area contributed by atoms with E-state index < -0.39 is 17.6 Å². The normalized spacial score (nSPS) is 13.7. The summed E-state index contributed by atoms with van der Waals surface area (Å²) < 4.78 is 41.0. The number of thiophene rings is 1. The van der Waals surface area contributed by atoms with Gasteiger partial charge in [0.2, 0.25) is 0 Å². The van der Waals surface area contributed by atoms with Crippen LogP contribution in [0.2, 0.25) is 5.02 Å². The van der Waals surface area contributed by atoms with Crippen LogP contribution in [0.4, 0.5) is 13.2 Å². The average molecular weight is 577 g/mol. The lowest BCUT2D eigenvalue weighted by Crippen LogP contribution is -2.24. The molecule has 196 valence electrons. The molecule has 0 atom stereocenters. The Hall–Kier alpha value is -3.15. The number of fused-ring (bicyclic) bond motifs is 3. The molecule has 1 amide bonds. The Morgan fingerprint density at radius 2 is 1.89 bits per heavy atom. The number of aromatic nitrogens is 2. The van der Waals surface area contributed by atoms with Crippen molar-refractivity contribution in [1.29, 1.82) is 0 Å². The number of nitrogens with zero attached hydrogens (tertiary/aromatic N) is 3. The van der Waals surface area contributed by atoms with Crippen molar-refractivity contribution in [3.8, 4) is 5.69 Å². The van der Waals surface area contributed by atoms with Crippen molar-refractivity contribution in [2.75, 3.05) is 5.75 Å². The number of amides is 1. The lowest BCUT2D eigenvalue weighted by molar-refractivity contribution is -0.137. The average Bonchev–Trinajstić information content (AvgIpc) is 3.27. The molecule has 0 spiro atoms. The molecule has 5 rings (SSSR count). The summed E-state index contributed by atoms with van der Waals surface area (Å²) in [7, 11) is 0. The summed E-state index contributed by atoms with van der Waals surface area (Å²) in [5, 5.41) is 5.14. The molecule has 2 aromatic heterocycles. The fraction of sp³-hybridized carbons (Fsp3) is 0.231. The molecule has 6 nitrogen and oxygen atoms in total. The van der Waals surface area contributed by atoms with Gasteiger partial charge in [0.25, 0.3) is 11.5 Å². The minimum absolute atomic E-state index is 0.158. The smallest absolute Gasteiger partial charge is 0.272 e. The number of hydrogen-bond donors (Lipinski definition) is 1. The second kappa shape index (κ2) is 10.9. The highest BCUT2D eigenvalue weighted by Crippen LogP contribution is 2.35. The van der Waals surface area contributed by atoms with E-state index in [1.54, 1.807) is 24.3 Å². The van der Waals surface area contributed by atoms with Gasteiger partial charge in [0.1, 0.15) is 4.83 Å². The molecule has 2 aromatic carbocycles. The minimum Gasteiger partial charge on any atom is -0.272 e. The van der Waals surface area contributed by atoms with Gasteiger partial charge in [-0.25, -0.2) is 10.4 Å². The second-order valence-corrected chi connectivity index (χ2v) is 11.0. The maximum atomic E-state index is 13.7. The molecule has 0 radical (unpaired) electrons. The quantitative estimate of drug-likeness (QED) is 0.128. The first kappa shape index (κ1) is 26.5. The van der Waals surface area contributed by atoms with E-state index in [0.29, 0.717) is 26.1 Å². The largest absolute Gasteiger partial charge is 0.417 e. The first-order chi connectivity index (χ1) is 18.2. The van der Waals surface area contributed by atoms with Crippen molar-refractivity contribution in [2.24, 2.45) is 5.10 Å². The Morgan fingerprint density at radius 3 is 2.66 bits per heavy atom. The molecule has 0 aliphatic heterocycles. The number of alkyl halides is 3. The number of halogens is 4. The highest BCUT2D eigenvalue weighted by Gasteiger charge is 2.32. The van der Waals surface area contributed by atoms with E-state index in [9.17, 15) is 22.8 Å². The summed E-state index contributed by atoms with van der Waals surface area (Å²) in [5.74, 6) is -0.715. The molecule has 38 heavy (non-hydrogen) atoms. The summed E-state index contributed by atoms with van der Waals surface area (Å²) in [6.45, 7) is 0. The Balaban J connectivity index is 1.41. The number of benzene rings is 2. The van der Waals surface area contributed by atoms with Crippen LogP contribution in [0.15, 0.2) is 63.6 Å². The summed E-state index contributed by atoms with van der Waals surface area (Å²) >= 11 is 8.60. The molecule has 1 N–H and O–H groups in total. The lowest BCUT2D eigenvalue weighted by Gasteiger charge is -2.13. The van der Waals surface area contributed by atoms with E-state index in [0.717, 1.165) is 55.3 Å². The molecule has 1 aliphatic rings. The highest BCUT2D eigenvalue weighted by atomic mass is 35.5. The van der Waals surface area contributed by atoms with Gasteiger partial charge >= 0.3 is 6.18 Å². The monoisotopic (exact) mass is 576 g/mol. The van der Waals surface area contributed by atoms with Gasteiger partial charge in [0.05, 0.1) is 28.6 Å². The lowest BCUT2D eigenvalue weighted by atomic mass is 9.97. The van der Waals surface area contributed by atoms with Crippen molar-refractivity contribution in [3.05, 3.63) is 85.5 Å². The first-order valence-corrected chi connectivity index (χ1v) is 13.8. The van der Waals surface area contributed by atoms with Crippen LogP contribution in [0, 0.1) is 0 Å². The number of hydrogen-bond acceptors (Lipinski definition) is 6. The Kier molecular flexibility index (Phi) is 7.60. The van der Waals surface area contributed by atoms with Crippen LogP contribution in [0.5, 0.6) is 0 Å². The Morgan fingerprint density at radius 1 is 1.16 bits per heavy atom. The van der Waals surface area contributed by atoms with Crippen LogP contribution < -0.4 is 11.0 Å². The second-order valence-electron chi connectivity index (χ2n) is 8.57. The fourth-order valence-electron chi connectivity index (χ4n) is 4.30. The molecule has 0 saturated heterocycles. The zero-order valence-electron chi connectivity index (χ0n) is 19.7. The van der Waals surface area contributed by atoms with Crippen LogP contribution in [0.1, 0.15) is 34.4 Å². The molecule has 12 heteroatoms. The van der Waals surface area contributed by atoms with Gasteiger partial charge in [-0.1, -0.05) is 41.6 Å². The molecular formula is C26H20ClF3N4O2S2. The van der Waals surface area contributed by atoms with Gasteiger partial charge in [-0.05, 0) is 61.6 Å². The van der Waals surface area contributed by atoms with E-state index in [-0.39, 0.29) is 16.9 Å². The maximum absolute atomic E-state index is 13.7. The molecule has 0 saturated carbocycles. The Labute approximate surface area is 228 Å². The molecule has 0 unspecified atom stereocenters. The van der Waals surface area contributed by atoms with Crippen molar-refractivity contribution in [1.82, 2.24) is 15.0 Å². The molecule has 0 fully saturated rings. The number of aryl methyl sites for hydroxylation is 2. The predicted octanol–water partition coefficient (Wildman–Crippen LogP) is 6.24. The summed E-state index contributed by atoms with van der Waals surface area (Å²) in [5.41, 5.74) is 2.64. The van der Waals surface area contributed by atoms with Crippen LogP contribution in [0.3, 0.4) is 0 Å². The number of hydrazone groups is 1. The fourth-order valence-corrected chi connectivity index (χ4v) is 6.54. The van der Waals surface area contributed by atoms with Crippen molar-refractivity contribution >= 4 is 57.0 Å².